The summed E-state index contributed by atoms with van der Waals surface area (Å²) in [4.78, 5) is 10.9. The van der Waals surface area contributed by atoms with Gasteiger partial charge in [0.15, 0.2) is 18.2 Å². The summed E-state index contributed by atoms with van der Waals surface area (Å²) < 4.78 is 2.28. The fraction of sp³-hybridized carbons (Fsp3) is 0.0286. The van der Waals surface area contributed by atoms with Gasteiger partial charge in [-0.1, -0.05) is 97.1 Å². The van der Waals surface area contributed by atoms with Gasteiger partial charge >= 0.3 is 0 Å². The first-order valence-corrected chi connectivity index (χ1v) is 16.3. The maximum Gasteiger partial charge on any atom is 0.186 e. The van der Waals surface area contributed by atoms with Crippen LogP contribution in [0.5, 0.6) is 0 Å². The van der Waals surface area contributed by atoms with Gasteiger partial charge in [-0.3, -0.25) is 4.40 Å². The molecule has 200 valence electrons. The maximum atomic E-state index is 5.47. The normalized spacial score (nSPS) is 11.4. The first kappa shape index (κ1) is 27.6. The molecule has 2 aromatic heterocycles. The molecular weight excluding hydrogens is 652 g/mol. The molecule has 0 atom stereocenters. The van der Waals surface area contributed by atoms with Gasteiger partial charge in [-0.2, -0.15) is 0 Å². The van der Waals surface area contributed by atoms with Crippen LogP contribution in [0.1, 0.15) is 0 Å². The summed E-state index contributed by atoms with van der Waals surface area (Å²) in [6.45, 7) is 0. The van der Waals surface area contributed by atoms with Gasteiger partial charge in [-0.05, 0) is 54.8 Å². The number of imidazole rings is 1. The number of halogens is 1. The number of para-hydroxylation sites is 2. The second kappa shape index (κ2) is 11.8. The van der Waals surface area contributed by atoms with E-state index in [9.17, 15) is 0 Å². The van der Waals surface area contributed by atoms with Crippen molar-refractivity contribution < 1.29 is 0 Å². The van der Waals surface area contributed by atoms with Gasteiger partial charge in [0, 0.05) is 5.56 Å². The van der Waals surface area contributed by atoms with Gasteiger partial charge in [0.2, 0.25) is 0 Å². The van der Waals surface area contributed by atoms with Crippen LogP contribution >= 0.6 is 43.0 Å². The summed E-state index contributed by atoms with van der Waals surface area (Å²) in [7, 11) is -2.44. The molecule has 0 bridgehead atoms. The first-order chi connectivity index (χ1) is 19.8. The van der Waals surface area contributed by atoms with Crippen molar-refractivity contribution in [2.75, 3.05) is 6.26 Å². The quantitative estimate of drug-likeness (QED) is 0.0789. The van der Waals surface area contributed by atoms with Crippen molar-refractivity contribution >= 4 is 80.9 Å². The van der Waals surface area contributed by atoms with E-state index in [-0.39, 0.29) is 24.0 Å². The summed E-state index contributed by atoms with van der Waals surface area (Å²) in [6, 6.07) is 51.8. The van der Waals surface area contributed by atoms with Crippen LogP contribution in [0, 0.1) is 0 Å². The Balaban J connectivity index is 0.00000302. The van der Waals surface area contributed by atoms with Crippen LogP contribution in [0.4, 0.5) is 0 Å². The minimum Gasteiger partial charge on any atom is -0.273 e. The highest BCUT2D eigenvalue weighted by molar-refractivity contribution is 14.0. The predicted molar refractivity (Wildman–Crippen MR) is 188 cm³/mol. The molecule has 7 rings (SSSR count). The Morgan fingerprint density at radius 1 is 0.561 bits per heavy atom. The van der Waals surface area contributed by atoms with Crippen LogP contribution < -0.4 is 21.2 Å². The summed E-state index contributed by atoms with van der Waals surface area (Å²) in [6.07, 6.45) is 2.13. The van der Waals surface area contributed by atoms with Crippen molar-refractivity contribution in [2.45, 2.75) is 5.03 Å². The minimum absolute atomic E-state index is 0. The van der Waals surface area contributed by atoms with E-state index < -0.39 is 7.26 Å². The van der Waals surface area contributed by atoms with E-state index in [1.165, 1.54) is 21.2 Å². The number of thioether (sulfide) groups is 1. The number of benzene rings is 5. The van der Waals surface area contributed by atoms with Gasteiger partial charge in [-0.25, -0.2) is 9.97 Å². The molecule has 0 spiro atoms. The molecule has 0 saturated carbocycles. The van der Waals surface area contributed by atoms with Gasteiger partial charge in [0.05, 0.1) is 11.0 Å². The largest absolute Gasteiger partial charge is 0.273 e. The maximum absolute atomic E-state index is 5.47. The average Bonchev–Trinajstić information content (AvgIpc) is 3.43. The molecule has 0 N–H and O–H groups in total. The predicted octanol–water partition coefficient (Wildman–Crippen LogP) is 7.51. The minimum atomic E-state index is -2.44. The third kappa shape index (κ3) is 4.57. The SMILES string of the molecule is CSc1nc(-c2ccccc2)n2c(nc3ccccc32)c1[P+](c1ccccc1)(c1ccccc1)c1ccccc1.I. The lowest BCUT2D eigenvalue weighted by molar-refractivity contribution is 1.06. The Labute approximate surface area is 262 Å². The molecule has 0 aliphatic rings. The topological polar surface area (TPSA) is 30.2 Å². The van der Waals surface area contributed by atoms with Crippen LogP contribution in [-0.2, 0) is 0 Å². The Kier molecular flexibility index (Phi) is 7.94. The van der Waals surface area contributed by atoms with Crippen molar-refractivity contribution in [2.24, 2.45) is 0 Å². The van der Waals surface area contributed by atoms with E-state index in [1.807, 2.05) is 6.07 Å². The van der Waals surface area contributed by atoms with E-state index in [1.54, 1.807) is 11.8 Å². The molecular formula is C35H28IN3PS+. The van der Waals surface area contributed by atoms with Crippen molar-refractivity contribution in [3.8, 4) is 11.4 Å². The smallest absolute Gasteiger partial charge is 0.186 e. The lowest BCUT2D eigenvalue weighted by Gasteiger charge is -2.29. The summed E-state index contributed by atoms with van der Waals surface area (Å²) in [5.41, 5.74) is 4.06. The van der Waals surface area contributed by atoms with E-state index in [2.05, 4.69) is 150 Å². The van der Waals surface area contributed by atoms with E-state index in [4.69, 9.17) is 9.97 Å². The summed E-state index contributed by atoms with van der Waals surface area (Å²) in [5.74, 6) is 0.907. The number of rotatable bonds is 6. The highest BCUT2D eigenvalue weighted by Crippen LogP contribution is 2.56. The van der Waals surface area contributed by atoms with Crippen molar-refractivity contribution in [1.82, 2.24) is 14.4 Å². The molecule has 0 radical (unpaired) electrons. The van der Waals surface area contributed by atoms with E-state index in [0.29, 0.717) is 0 Å². The third-order valence-electron chi connectivity index (χ3n) is 7.39. The van der Waals surface area contributed by atoms with Crippen LogP contribution in [-0.4, -0.2) is 20.6 Å². The second-order valence-electron chi connectivity index (χ2n) is 9.60. The molecule has 0 saturated heterocycles. The monoisotopic (exact) mass is 680 g/mol. The molecule has 0 unspecified atom stereocenters. The summed E-state index contributed by atoms with van der Waals surface area (Å²) in [5, 5.41) is 6.05. The van der Waals surface area contributed by atoms with Crippen molar-refractivity contribution in [1.29, 1.82) is 0 Å². The Bertz CT molecular complexity index is 1830. The Morgan fingerprint density at radius 2 is 1.02 bits per heavy atom. The Hall–Kier alpha value is -3.51. The third-order valence-corrected chi connectivity index (χ3v) is 12.5. The molecule has 7 aromatic rings. The Morgan fingerprint density at radius 3 is 1.54 bits per heavy atom. The molecule has 41 heavy (non-hydrogen) atoms. The zero-order chi connectivity index (χ0) is 26.9. The zero-order valence-electron chi connectivity index (χ0n) is 22.5. The fourth-order valence-electron chi connectivity index (χ4n) is 5.70. The number of aromatic nitrogens is 3. The van der Waals surface area contributed by atoms with E-state index >= 15 is 0 Å². The molecule has 0 aliphatic heterocycles. The van der Waals surface area contributed by atoms with E-state index in [0.717, 1.165) is 33.1 Å². The van der Waals surface area contributed by atoms with Gasteiger partial charge < -0.3 is 0 Å². The van der Waals surface area contributed by atoms with Crippen molar-refractivity contribution in [3.05, 3.63) is 146 Å². The van der Waals surface area contributed by atoms with Crippen LogP contribution in [0.3, 0.4) is 0 Å². The van der Waals surface area contributed by atoms with Crippen LogP contribution in [0.2, 0.25) is 0 Å². The number of hydrogen-bond acceptors (Lipinski definition) is 3. The van der Waals surface area contributed by atoms with Gasteiger partial charge in [0.1, 0.15) is 26.8 Å². The molecule has 6 heteroatoms. The second-order valence-corrected chi connectivity index (χ2v) is 13.7. The highest BCUT2D eigenvalue weighted by atomic mass is 127. The molecule has 3 nitrogen and oxygen atoms in total. The molecule has 0 aliphatic carbocycles. The van der Waals surface area contributed by atoms with Crippen LogP contribution in [0.15, 0.2) is 151 Å². The van der Waals surface area contributed by atoms with Crippen LogP contribution in [0.25, 0.3) is 28.1 Å². The number of fused-ring (bicyclic) bond motifs is 3. The molecule has 2 heterocycles. The average molecular weight is 681 g/mol. The number of hydrogen-bond donors (Lipinski definition) is 0. The zero-order valence-corrected chi connectivity index (χ0v) is 26.5. The lowest BCUT2D eigenvalue weighted by Crippen LogP contribution is -2.40. The summed E-state index contributed by atoms with van der Waals surface area (Å²) >= 11 is 1.70. The molecule has 0 amide bonds. The lowest BCUT2D eigenvalue weighted by atomic mass is 10.2. The van der Waals surface area contributed by atoms with Gasteiger partial charge in [0.25, 0.3) is 0 Å². The fourth-order valence-corrected chi connectivity index (χ4v) is 11.2. The van der Waals surface area contributed by atoms with Crippen molar-refractivity contribution in [3.63, 3.8) is 0 Å². The number of nitrogens with zero attached hydrogens (tertiary/aromatic N) is 3. The highest BCUT2D eigenvalue weighted by Gasteiger charge is 2.52. The first-order valence-electron chi connectivity index (χ1n) is 13.3. The van der Waals surface area contributed by atoms with Gasteiger partial charge in [-0.15, -0.1) is 35.7 Å². The standard InChI is InChI=1S/C35H27N3PS.HI/c1-40-35-32(34-36-30-24-14-15-25-31(30)38(34)33(37-35)26-16-6-2-7-17-26)39(27-18-8-3-9-19-27,28-20-10-4-11-21-28)29-22-12-5-13-23-29;/h2-25H,1H3;1H/q+1;. The molecule has 0 fully saturated rings. The molecule has 5 aromatic carbocycles.